The number of amides is 2. The number of hydrogen-bond acceptors (Lipinski definition) is 5. The summed E-state index contributed by atoms with van der Waals surface area (Å²) >= 11 is 1.41. The van der Waals surface area contributed by atoms with E-state index >= 15 is 0 Å². The van der Waals surface area contributed by atoms with E-state index in [-0.39, 0.29) is 36.3 Å². The maximum atomic E-state index is 13.0. The minimum atomic E-state index is -0.435. The van der Waals surface area contributed by atoms with Crippen LogP contribution >= 0.6 is 23.7 Å². The molecule has 28 heavy (non-hydrogen) atoms. The van der Waals surface area contributed by atoms with Gasteiger partial charge in [-0.3, -0.25) is 9.59 Å². The van der Waals surface area contributed by atoms with Crippen LogP contribution in [0.3, 0.4) is 0 Å². The monoisotopic (exact) mass is 420 g/mol. The maximum Gasteiger partial charge on any atom is 0.274 e. The third-order valence-corrected chi connectivity index (χ3v) is 6.49. The van der Waals surface area contributed by atoms with Crippen molar-refractivity contribution in [2.75, 3.05) is 13.1 Å². The van der Waals surface area contributed by atoms with E-state index in [0.29, 0.717) is 18.7 Å². The molecular formula is C20H25ClN4O2S. The van der Waals surface area contributed by atoms with Crippen molar-refractivity contribution in [1.29, 1.82) is 0 Å². The second-order valence-corrected chi connectivity index (χ2v) is 8.22. The van der Waals surface area contributed by atoms with Gasteiger partial charge < -0.3 is 15.5 Å². The van der Waals surface area contributed by atoms with Gasteiger partial charge in [-0.15, -0.1) is 23.7 Å². The van der Waals surface area contributed by atoms with Crippen LogP contribution in [0, 0.1) is 0 Å². The van der Waals surface area contributed by atoms with Crippen LogP contribution < -0.4 is 5.73 Å². The molecular weight excluding hydrogens is 396 g/mol. The van der Waals surface area contributed by atoms with Gasteiger partial charge in [0.2, 0.25) is 5.91 Å². The average Bonchev–Trinajstić information content (AvgIpc) is 3.34. The van der Waals surface area contributed by atoms with Crippen molar-refractivity contribution in [1.82, 2.24) is 14.8 Å². The molecule has 0 spiro atoms. The zero-order valence-electron chi connectivity index (χ0n) is 15.8. The maximum absolute atomic E-state index is 13.0. The highest BCUT2D eigenvalue weighted by atomic mass is 35.5. The molecule has 150 valence electrons. The standard InChI is InChI=1S/C20H24N4O2S.ClH/c1-13-19(25)23-9-5-8-15(23)11-24(13)20(26)17-12-27-18(22-17)16(21)10-14-6-3-2-4-7-14;/h2-4,6-7,12-13,15-16H,5,8-11,21H2,1H3;1H/t13-,15+,16+;/m1./s1. The third-order valence-electron chi connectivity index (χ3n) is 5.51. The quantitative estimate of drug-likeness (QED) is 0.824. The Kier molecular flexibility index (Phi) is 6.37. The van der Waals surface area contributed by atoms with E-state index < -0.39 is 6.04 Å². The molecule has 0 aliphatic carbocycles. The Morgan fingerprint density at radius 3 is 2.86 bits per heavy atom. The summed E-state index contributed by atoms with van der Waals surface area (Å²) in [4.78, 5) is 33.7. The van der Waals surface area contributed by atoms with Crippen molar-refractivity contribution in [3.63, 3.8) is 0 Å². The van der Waals surface area contributed by atoms with Gasteiger partial charge in [0.15, 0.2) is 0 Å². The molecule has 0 bridgehead atoms. The highest BCUT2D eigenvalue weighted by molar-refractivity contribution is 7.09. The van der Waals surface area contributed by atoms with Gasteiger partial charge in [0.25, 0.3) is 5.91 Å². The normalized spacial score (nSPS) is 22.6. The average molecular weight is 421 g/mol. The number of rotatable bonds is 4. The molecule has 1 aromatic carbocycles. The van der Waals surface area contributed by atoms with E-state index in [9.17, 15) is 9.59 Å². The Labute approximate surface area is 175 Å². The number of nitrogens with zero attached hydrogens (tertiary/aromatic N) is 3. The first-order chi connectivity index (χ1) is 13.0. The Bertz CT molecular complexity index is 844. The number of carbonyl (C=O) groups excluding carboxylic acids is 2. The lowest BCUT2D eigenvalue weighted by atomic mass is 10.1. The number of halogens is 1. The first-order valence-electron chi connectivity index (χ1n) is 9.41. The van der Waals surface area contributed by atoms with Gasteiger partial charge in [-0.1, -0.05) is 30.3 Å². The van der Waals surface area contributed by atoms with Crippen LogP contribution in [0.15, 0.2) is 35.7 Å². The van der Waals surface area contributed by atoms with Crippen molar-refractivity contribution in [2.45, 2.75) is 44.3 Å². The van der Waals surface area contributed by atoms with Gasteiger partial charge >= 0.3 is 0 Å². The number of thiazole rings is 1. The molecule has 0 unspecified atom stereocenters. The highest BCUT2D eigenvalue weighted by Gasteiger charge is 2.42. The second kappa shape index (κ2) is 8.59. The zero-order chi connectivity index (χ0) is 19.0. The van der Waals surface area contributed by atoms with E-state index in [1.807, 2.05) is 42.2 Å². The number of benzene rings is 1. The summed E-state index contributed by atoms with van der Waals surface area (Å²) in [5, 5.41) is 2.52. The Morgan fingerprint density at radius 1 is 1.36 bits per heavy atom. The Balaban J connectivity index is 0.00000225. The Hall–Kier alpha value is -1.96. The molecule has 2 fully saturated rings. The molecule has 2 aliphatic rings. The number of fused-ring (bicyclic) bond motifs is 1. The number of piperazine rings is 1. The summed E-state index contributed by atoms with van der Waals surface area (Å²) < 4.78 is 0. The lowest BCUT2D eigenvalue weighted by Crippen LogP contribution is -2.60. The van der Waals surface area contributed by atoms with Crippen LogP contribution in [0.2, 0.25) is 0 Å². The number of aromatic nitrogens is 1. The fourth-order valence-corrected chi connectivity index (χ4v) is 4.79. The van der Waals surface area contributed by atoms with Gasteiger partial charge in [0, 0.05) is 24.5 Å². The summed E-state index contributed by atoms with van der Waals surface area (Å²) in [6, 6.07) is 9.49. The summed E-state index contributed by atoms with van der Waals surface area (Å²) in [7, 11) is 0. The predicted molar refractivity (Wildman–Crippen MR) is 112 cm³/mol. The van der Waals surface area contributed by atoms with E-state index in [1.54, 1.807) is 10.3 Å². The molecule has 2 amide bonds. The molecule has 3 heterocycles. The van der Waals surface area contributed by atoms with Gasteiger partial charge in [0.1, 0.15) is 16.7 Å². The Morgan fingerprint density at radius 2 is 2.11 bits per heavy atom. The molecule has 6 nitrogen and oxygen atoms in total. The zero-order valence-corrected chi connectivity index (χ0v) is 17.4. The first-order valence-corrected chi connectivity index (χ1v) is 10.3. The van der Waals surface area contributed by atoms with Crippen molar-refractivity contribution in [2.24, 2.45) is 5.73 Å². The molecule has 0 saturated carbocycles. The van der Waals surface area contributed by atoms with Crippen molar-refractivity contribution < 1.29 is 9.59 Å². The molecule has 4 rings (SSSR count). The molecule has 2 aromatic rings. The lowest BCUT2D eigenvalue weighted by Gasteiger charge is -2.41. The van der Waals surface area contributed by atoms with Crippen LogP contribution in [-0.2, 0) is 11.2 Å². The summed E-state index contributed by atoms with van der Waals surface area (Å²) in [5.41, 5.74) is 7.84. The van der Waals surface area contributed by atoms with Gasteiger partial charge in [-0.25, -0.2) is 4.98 Å². The van der Waals surface area contributed by atoms with Crippen LogP contribution in [0.25, 0.3) is 0 Å². The predicted octanol–water partition coefficient (Wildman–Crippen LogP) is 2.64. The van der Waals surface area contributed by atoms with Crippen LogP contribution in [0.1, 0.15) is 46.9 Å². The minimum absolute atomic E-state index is 0. The topological polar surface area (TPSA) is 79.5 Å². The molecule has 3 atom stereocenters. The fourth-order valence-electron chi connectivity index (χ4n) is 3.99. The van der Waals surface area contributed by atoms with E-state index in [4.69, 9.17) is 5.73 Å². The lowest BCUT2D eigenvalue weighted by molar-refractivity contribution is -0.141. The SMILES string of the molecule is C[C@@H]1C(=O)N2CCC[C@H]2CN1C(=O)c1csc([C@@H](N)Cc2ccccc2)n1.Cl. The first kappa shape index (κ1) is 20.8. The molecule has 2 N–H and O–H groups in total. The molecule has 2 saturated heterocycles. The van der Waals surface area contributed by atoms with Crippen molar-refractivity contribution >= 4 is 35.6 Å². The van der Waals surface area contributed by atoms with Crippen LogP contribution in [0.4, 0.5) is 0 Å². The third kappa shape index (κ3) is 3.92. The smallest absolute Gasteiger partial charge is 0.274 e. The molecule has 2 aliphatic heterocycles. The van der Waals surface area contributed by atoms with Gasteiger partial charge in [0.05, 0.1) is 6.04 Å². The number of nitrogens with two attached hydrogens (primary N) is 1. The second-order valence-electron chi connectivity index (χ2n) is 7.33. The van der Waals surface area contributed by atoms with E-state index in [1.165, 1.54) is 11.3 Å². The summed E-state index contributed by atoms with van der Waals surface area (Å²) in [6.07, 6.45) is 2.66. The fraction of sp³-hybridized carbons (Fsp3) is 0.450. The summed E-state index contributed by atoms with van der Waals surface area (Å²) in [6.45, 7) is 3.21. The van der Waals surface area contributed by atoms with E-state index in [0.717, 1.165) is 30.0 Å². The van der Waals surface area contributed by atoms with Crippen LogP contribution in [0.5, 0.6) is 0 Å². The number of hydrogen-bond donors (Lipinski definition) is 1. The van der Waals surface area contributed by atoms with Crippen LogP contribution in [-0.4, -0.2) is 51.8 Å². The highest BCUT2D eigenvalue weighted by Crippen LogP contribution is 2.28. The molecule has 8 heteroatoms. The van der Waals surface area contributed by atoms with Gasteiger partial charge in [-0.2, -0.15) is 0 Å². The molecule has 1 aromatic heterocycles. The van der Waals surface area contributed by atoms with Crippen molar-refractivity contribution in [3.8, 4) is 0 Å². The minimum Gasteiger partial charge on any atom is -0.336 e. The van der Waals surface area contributed by atoms with Crippen molar-refractivity contribution in [3.05, 3.63) is 52.0 Å². The number of carbonyl (C=O) groups is 2. The largest absolute Gasteiger partial charge is 0.336 e. The van der Waals surface area contributed by atoms with Gasteiger partial charge in [-0.05, 0) is 31.7 Å². The molecule has 0 radical (unpaired) electrons. The van der Waals surface area contributed by atoms with E-state index in [2.05, 4.69) is 4.98 Å². The summed E-state index contributed by atoms with van der Waals surface area (Å²) in [5.74, 6) is -0.120.